The monoisotopic (exact) mass is 376 g/mol. The van der Waals surface area contributed by atoms with Crippen LogP contribution in [0, 0.1) is 0 Å². The van der Waals surface area contributed by atoms with Crippen molar-refractivity contribution in [2.45, 2.75) is 12.5 Å². The Morgan fingerprint density at radius 1 is 1.48 bits per heavy atom. The number of hydrogen-bond donors (Lipinski definition) is 2. The highest BCUT2D eigenvalue weighted by Gasteiger charge is 2.34. The van der Waals surface area contributed by atoms with E-state index >= 15 is 0 Å². The Bertz CT molecular complexity index is 648. The molecule has 0 spiro atoms. The maximum Gasteiger partial charge on any atom is 0.254 e. The number of rotatable bonds is 4. The average Bonchev–Trinajstić information content (AvgIpc) is 2.78. The van der Waals surface area contributed by atoms with Crippen LogP contribution < -0.4 is 5.73 Å². The number of aliphatic hydroxyl groups excluding tert-OH is 1. The normalized spacial score (nSPS) is 20.4. The number of nitrogens with zero attached hydrogens (tertiary/aromatic N) is 1. The molecular weight excluding hydrogens is 360 g/mol. The lowest BCUT2D eigenvalue weighted by Gasteiger charge is -2.27. The van der Waals surface area contributed by atoms with Crippen molar-refractivity contribution in [2.24, 2.45) is 0 Å². The Labute approximate surface area is 132 Å². The summed E-state index contributed by atoms with van der Waals surface area (Å²) >= 11 is 3.26. The van der Waals surface area contributed by atoms with Gasteiger partial charge in [0.25, 0.3) is 5.91 Å². The van der Waals surface area contributed by atoms with Crippen LogP contribution in [0.1, 0.15) is 16.8 Å². The van der Waals surface area contributed by atoms with Crippen LogP contribution in [0.15, 0.2) is 22.7 Å². The first-order valence-electron chi connectivity index (χ1n) is 6.51. The summed E-state index contributed by atoms with van der Waals surface area (Å²) in [5.41, 5.74) is 6.62. The van der Waals surface area contributed by atoms with E-state index in [0.29, 0.717) is 22.1 Å². The summed E-state index contributed by atoms with van der Waals surface area (Å²) in [5.74, 6) is -0.264. The molecular formula is C13H17BrN2O4S. The van der Waals surface area contributed by atoms with Crippen molar-refractivity contribution < 1.29 is 18.3 Å². The molecule has 1 unspecified atom stereocenters. The van der Waals surface area contributed by atoms with Gasteiger partial charge in [-0.1, -0.05) is 0 Å². The number of sulfone groups is 1. The van der Waals surface area contributed by atoms with E-state index in [4.69, 9.17) is 10.8 Å². The fourth-order valence-corrected chi connectivity index (χ4v) is 4.51. The highest BCUT2D eigenvalue weighted by molar-refractivity contribution is 9.10. The number of nitrogens with two attached hydrogens (primary N) is 1. The Balaban J connectivity index is 2.25. The number of hydrogen-bond acceptors (Lipinski definition) is 5. The maximum absolute atomic E-state index is 12.6. The van der Waals surface area contributed by atoms with E-state index in [1.807, 2.05) is 0 Å². The minimum absolute atomic E-state index is 0.0467. The zero-order valence-electron chi connectivity index (χ0n) is 11.3. The largest absolute Gasteiger partial charge is 0.398 e. The van der Waals surface area contributed by atoms with Gasteiger partial charge in [0.15, 0.2) is 9.84 Å². The van der Waals surface area contributed by atoms with Gasteiger partial charge in [0.1, 0.15) is 0 Å². The summed E-state index contributed by atoms with van der Waals surface area (Å²) in [4.78, 5) is 14.0. The molecule has 116 valence electrons. The van der Waals surface area contributed by atoms with Crippen molar-refractivity contribution in [1.82, 2.24) is 4.90 Å². The van der Waals surface area contributed by atoms with Gasteiger partial charge in [-0.3, -0.25) is 4.79 Å². The molecule has 1 saturated heterocycles. The van der Waals surface area contributed by atoms with Crippen LogP contribution in [0.2, 0.25) is 0 Å². The van der Waals surface area contributed by atoms with Gasteiger partial charge < -0.3 is 15.7 Å². The summed E-state index contributed by atoms with van der Waals surface area (Å²) in [6.45, 7) is -0.0978. The Morgan fingerprint density at radius 3 is 2.71 bits per heavy atom. The molecule has 3 N–H and O–H groups in total. The zero-order chi connectivity index (χ0) is 15.6. The average molecular weight is 377 g/mol. The highest BCUT2D eigenvalue weighted by atomic mass is 79.9. The first-order valence-corrected chi connectivity index (χ1v) is 9.13. The minimum atomic E-state index is -3.09. The molecule has 1 aliphatic rings. The predicted molar refractivity (Wildman–Crippen MR) is 83.7 cm³/mol. The fourth-order valence-electron chi connectivity index (χ4n) is 2.40. The van der Waals surface area contributed by atoms with Gasteiger partial charge in [-0.2, -0.15) is 0 Å². The third-order valence-electron chi connectivity index (χ3n) is 3.50. The SMILES string of the molecule is Nc1ccc(C(=O)N(CCO)C2CCS(=O)(=O)C2)cc1Br. The maximum atomic E-state index is 12.6. The van der Waals surface area contributed by atoms with Crippen LogP contribution in [0.3, 0.4) is 0 Å². The molecule has 0 saturated carbocycles. The number of halogens is 1. The van der Waals surface area contributed by atoms with E-state index in [-0.39, 0.29) is 36.6 Å². The molecule has 1 amide bonds. The lowest BCUT2D eigenvalue weighted by Crippen LogP contribution is -2.42. The standard InChI is InChI=1S/C13H17BrN2O4S/c14-11-7-9(1-2-12(11)15)13(18)16(4-5-17)10-3-6-21(19,20)8-10/h1-2,7,10,17H,3-6,8,15H2. The van der Waals surface area contributed by atoms with Crippen molar-refractivity contribution in [1.29, 1.82) is 0 Å². The summed E-state index contributed by atoms with van der Waals surface area (Å²) in [5, 5.41) is 9.15. The molecule has 6 nitrogen and oxygen atoms in total. The second-order valence-electron chi connectivity index (χ2n) is 5.02. The van der Waals surface area contributed by atoms with Crippen LogP contribution in [-0.2, 0) is 9.84 Å². The molecule has 21 heavy (non-hydrogen) atoms. The lowest BCUT2D eigenvalue weighted by molar-refractivity contribution is 0.0655. The molecule has 1 atom stereocenters. The molecule has 1 aromatic rings. The van der Waals surface area contributed by atoms with E-state index in [1.54, 1.807) is 18.2 Å². The smallest absolute Gasteiger partial charge is 0.254 e. The molecule has 0 aromatic heterocycles. The van der Waals surface area contributed by atoms with Gasteiger partial charge in [-0.25, -0.2) is 8.42 Å². The summed E-state index contributed by atoms with van der Waals surface area (Å²) in [7, 11) is -3.09. The number of aliphatic hydroxyl groups is 1. The topological polar surface area (TPSA) is 101 Å². The third-order valence-corrected chi connectivity index (χ3v) is 5.94. The molecule has 1 aromatic carbocycles. The van der Waals surface area contributed by atoms with Crippen LogP contribution >= 0.6 is 15.9 Å². The van der Waals surface area contributed by atoms with Crippen LogP contribution in [0.5, 0.6) is 0 Å². The van der Waals surface area contributed by atoms with E-state index in [0.717, 1.165) is 0 Å². The molecule has 1 heterocycles. The Kier molecular flexibility index (Phi) is 4.90. The molecule has 0 bridgehead atoms. The molecule has 1 aliphatic heterocycles. The number of amides is 1. The lowest BCUT2D eigenvalue weighted by atomic mass is 10.1. The van der Waals surface area contributed by atoms with Crippen LogP contribution in [0.25, 0.3) is 0 Å². The number of carbonyl (C=O) groups excluding carboxylic acids is 1. The number of carbonyl (C=O) groups is 1. The predicted octanol–water partition coefficient (Wildman–Crippen LogP) is 0.653. The van der Waals surface area contributed by atoms with Gasteiger partial charge in [0.2, 0.25) is 0 Å². The minimum Gasteiger partial charge on any atom is -0.398 e. The van der Waals surface area contributed by atoms with Crippen molar-refractivity contribution in [2.75, 3.05) is 30.4 Å². The van der Waals surface area contributed by atoms with Gasteiger partial charge in [0, 0.05) is 28.3 Å². The zero-order valence-corrected chi connectivity index (χ0v) is 13.7. The molecule has 0 radical (unpaired) electrons. The highest BCUT2D eigenvalue weighted by Crippen LogP contribution is 2.24. The Hall–Kier alpha value is -1.12. The van der Waals surface area contributed by atoms with Crippen molar-refractivity contribution in [3.05, 3.63) is 28.2 Å². The van der Waals surface area contributed by atoms with E-state index in [1.165, 1.54) is 4.90 Å². The molecule has 0 aliphatic carbocycles. The molecule has 2 rings (SSSR count). The van der Waals surface area contributed by atoms with Gasteiger partial charge >= 0.3 is 0 Å². The third kappa shape index (κ3) is 3.75. The van der Waals surface area contributed by atoms with Crippen LogP contribution in [0.4, 0.5) is 5.69 Å². The van der Waals surface area contributed by atoms with Crippen molar-refractivity contribution >= 4 is 37.4 Å². The first kappa shape index (κ1) is 16.3. The number of anilines is 1. The summed E-state index contributed by atoms with van der Waals surface area (Å²) in [6, 6.07) is 4.42. The van der Waals surface area contributed by atoms with Gasteiger partial charge in [0.05, 0.1) is 18.1 Å². The molecule has 1 fully saturated rings. The van der Waals surface area contributed by atoms with E-state index < -0.39 is 9.84 Å². The number of benzene rings is 1. The summed E-state index contributed by atoms with van der Waals surface area (Å²) in [6.07, 6.45) is 0.407. The van der Waals surface area contributed by atoms with Gasteiger partial charge in [-0.15, -0.1) is 0 Å². The quantitative estimate of drug-likeness (QED) is 0.751. The van der Waals surface area contributed by atoms with E-state index in [9.17, 15) is 13.2 Å². The van der Waals surface area contributed by atoms with Gasteiger partial charge in [-0.05, 0) is 40.5 Å². The molecule has 8 heteroatoms. The van der Waals surface area contributed by atoms with Crippen molar-refractivity contribution in [3.63, 3.8) is 0 Å². The second kappa shape index (κ2) is 6.33. The van der Waals surface area contributed by atoms with E-state index in [2.05, 4.69) is 15.9 Å². The second-order valence-corrected chi connectivity index (χ2v) is 8.10. The number of nitrogen functional groups attached to an aromatic ring is 1. The Morgan fingerprint density at radius 2 is 2.19 bits per heavy atom. The fraction of sp³-hybridized carbons (Fsp3) is 0.462. The summed E-state index contributed by atoms with van der Waals surface area (Å²) < 4.78 is 23.8. The van der Waals surface area contributed by atoms with Crippen LogP contribution in [-0.4, -0.2) is 55.0 Å². The van der Waals surface area contributed by atoms with Crippen molar-refractivity contribution in [3.8, 4) is 0 Å². The first-order chi connectivity index (χ1) is 9.84.